The van der Waals surface area contributed by atoms with Crippen LogP contribution >= 0.6 is 0 Å². The van der Waals surface area contributed by atoms with Crippen molar-refractivity contribution in [3.05, 3.63) is 53.6 Å². The molecule has 1 spiro atoms. The van der Waals surface area contributed by atoms with Gasteiger partial charge in [-0.05, 0) is 87.7 Å². The van der Waals surface area contributed by atoms with E-state index in [0.29, 0.717) is 5.41 Å². The van der Waals surface area contributed by atoms with Crippen LogP contribution in [0.2, 0.25) is 0 Å². The van der Waals surface area contributed by atoms with E-state index in [1.165, 1.54) is 50.0 Å². The van der Waals surface area contributed by atoms with Crippen molar-refractivity contribution in [3.8, 4) is 11.3 Å². The summed E-state index contributed by atoms with van der Waals surface area (Å²) in [7, 11) is 1.93. The molecule has 0 atom stereocenters. The molecule has 1 saturated heterocycles. The van der Waals surface area contributed by atoms with Crippen LogP contribution in [0.3, 0.4) is 0 Å². The SMILES string of the molecule is Cc1cccnc1CN1CCC2(CC1)CC(CNc1ccc(-c3cn(C)nc3C)nn1)C2. The van der Waals surface area contributed by atoms with Gasteiger partial charge in [0.1, 0.15) is 5.82 Å². The second-order valence-corrected chi connectivity index (χ2v) is 9.80. The van der Waals surface area contributed by atoms with E-state index in [2.05, 4.69) is 43.5 Å². The van der Waals surface area contributed by atoms with Crippen LogP contribution in [0.15, 0.2) is 36.7 Å². The average Bonchev–Trinajstić information content (AvgIpc) is 3.11. The van der Waals surface area contributed by atoms with E-state index >= 15 is 0 Å². The normalized spacial score (nSPS) is 18.6. The monoisotopic (exact) mass is 431 g/mol. The van der Waals surface area contributed by atoms with Gasteiger partial charge in [-0.3, -0.25) is 14.6 Å². The van der Waals surface area contributed by atoms with Gasteiger partial charge in [-0.15, -0.1) is 10.2 Å². The quantitative estimate of drug-likeness (QED) is 0.636. The zero-order valence-electron chi connectivity index (χ0n) is 19.4. The van der Waals surface area contributed by atoms with Crippen LogP contribution < -0.4 is 5.32 Å². The van der Waals surface area contributed by atoms with Gasteiger partial charge in [0.25, 0.3) is 0 Å². The van der Waals surface area contributed by atoms with Gasteiger partial charge < -0.3 is 5.32 Å². The van der Waals surface area contributed by atoms with E-state index in [0.717, 1.165) is 41.8 Å². The van der Waals surface area contributed by atoms with E-state index in [1.807, 2.05) is 49.2 Å². The molecule has 1 aliphatic carbocycles. The predicted octanol–water partition coefficient (Wildman–Crippen LogP) is 3.99. The first-order valence-corrected chi connectivity index (χ1v) is 11.7. The summed E-state index contributed by atoms with van der Waals surface area (Å²) in [5.41, 5.74) is 5.98. The highest BCUT2D eigenvalue weighted by molar-refractivity contribution is 5.61. The number of piperidine rings is 1. The summed E-state index contributed by atoms with van der Waals surface area (Å²) in [6, 6.07) is 8.24. The highest BCUT2D eigenvalue weighted by atomic mass is 15.3. The Balaban J connectivity index is 1.07. The molecule has 4 heterocycles. The maximum atomic E-state index is 4.57. The lowest BCUT2D eigenvalue weighted by Gasteiger charge is -2.52. The lowest BCUT2D eigenvalue weighted by molar-refractivity contribution is -0.0104. The molecule has 2 fully saturated rings. The average molecular weight is 432 g/mol. The first-order chi connectivity index (χ1) is 15.5. The van der Waals surface area contributed by atoms with Crippen molar-refractivity contribution >= 4 is 5.82 Å². The number of hydrogen-bond acceptors (Lipinski definition) is 6. The minimum absolute atomic E-state index is 0.565. The summed E-state index contributed by atoms with van der Waals surface area (Å²) in [4.78, 5) is 7.15. The smallest absolute Gasteiger partial charge is 0.148 e. The van der Waals surface area contributed by atoms with E-state index in [9.17, 15) is 0 Å². The molecular weight excluding hydrogens is 398 g/mol. The Labute approximate surface area is 190 Å². The predicted molar refractivity (Wildman–Crippen MR) is 126 cm³/mol. The number of nitrogens with zero attached hydrogens (tertiary/aromatic N) is 6. The molecule has 1 saturated carbocycles. The van der Waals surface area contributed by atoms with Crippen molar-refractivity contribution in [1.82, 2.24) is 29.9 Å². The fourth-order valence-corrected chi connectivity index (χ4v) is 5.47. The second kappa shape index (κ2) is 8.62. The standard InChI is InChI=1S/C25H33N7/c1-18-5-4-10-26-23(18)17-32-11-8-25(9-12-32)13-20(14-25)15-27-24-7-6-22(28-29-24)21-16-31(3)30-19(21)2/h4-7,10,16,20H,8-9,11-15,17H2,1-3H3,(H,27,29). The van der Waals surface area contributed by atoms with E-state index in [-0.39, 0.29) is 0 Å². The van der Waals surface area contributed by atoms with Crippen LogP contribution in [0.4, 0.5) is 5.82 Å². The van der Waals surface area contributed by atoms with Gasteiger partial charge in [-0.25, -0.2) is 0 Å². The first-order valence-electron chi connectivity index (χ1n) is 11.7. The van der Waals surface area contributed by atoms with Gasteiger partial charge in [0.15, 0.2) is 0 Å². The highest BCUT2D eigenvalue weighted by Crippen LogP contribution is 2.52. The number of hydrogen-bond donors (Lipinski definition) is 1. The molecule has 0 aromatic carbocycles. The topological polar surface area (TPSA) is 71.8 Å². The third kappa shape index (κ3) is 4.39. The maximum absolute atomic E-state index is 4.57. The number of aryl methyl sites for hydroxylation is 3. The Morgan fingerprint density at radius 1 is 1.09 bits per heavy atom. The Kier molecular flexibility index (Phi) is 5.67. The van der Waals surface area contributed by atoms with Crippen LogP contribution in [0.1, 0.15) is 42.6 Å². The van der Waals surface area contributed by atoms with Crippen LogP contribution in [-0.2, 0) is 13.6 Å². The molecule has 3 aromatic heterocycles. The van der Waals surface area contributed by atoms with Crippen molar-refractivity contribution in [2.24, 2.45) is 18.4 Å². The van der Waals surface area contributed by atoms with E-state index in [1.54, 1.807) is 0 Å². The molecule has 0 amide bonds. The largest absolute Gasteiger partial charge is 0.368 e. The zero-order valence-corrected chi connectivity index (χ0v) is 19.4. The molecule has 32 heavy (non-hydrogen) atoms. The van der Waals surface area contributed by atoms with Crippen molar-refractivity contribution in [2.45, 2.75) is 46.1 Å². The molecule has 7 heteroatoms. The van der Waals surface area contributed by atoms with Gasteiger partial charge in [0.05, 0.1) is 17.1 Å². The van der Waals surface area contributed by atoms with Crippen LogP contribution in [0.5, 0.6) is 0 Å². The summed E-state index contributed by atoms with van der Waals surface area (Å²) >= 11 is 0. The molecule has 5 rings (SSSR count). The van der Waals surface area contributed by atoms with Crippen molar-refractivity contribution < 1.29 is 0 Å². The van der Waals surface area contributed by atoms with Gasteiger partial charge in [0.2, 0.25) is 0 Å². The molecule has 168 valence electrons. The number of anilines is 1. The number of aromatic nitrogens is 5. The highest BCUT2D eigenvalue weighted by Gasteiger charge is 2.45. The van der Waals surface area contributed by atoms with Crippen LogP contribution in [0, 0.1) is 25.2 Å². The number of likely N-dealkylation sites (tertiary alicyclic amines) is 1. The minimum Gasteiger partial charge on any atom is -0.368 e. The van der Waals surface area contributed by atoms with Crippen LogP contribution in [-0.4, -0.2) is 49.5 Å². The van der Waals surface area contributed by atoms with Crippen molar-refractivity contribution in [1.29, 1.82) is 0 Å². The fraction of sp³-hybridized carbons (Fsp3) is 0.520. The number of nitrogens with one attached hydrogen (secondary N) is 1. The summed E-state index contributed by atoms with van der Waals surface area (Å²) in [5, 5.41) is 16.7. The summed E-state index contributed by atoms with van der Waals surface area (Å²) in [6.45, 7) is 8.52. The lowest BCUT2D eigenvalue weighted by atomic mass is 9.57. The molecular formula is C25H33N7. The Hall–Kier alpha value is -2.80. The number of rotatable bonds is 6. The van der Waals surface area contributed by atoms with Gasteiger partial charge in [-0.1, -0.05) is 6.07 Å². The first kappa shape index (κ1) is 21.1. The zero-order chi connectivity index (χ0) is 22.1. The molecule has 3 aromatic rings. The molecule has 1 N–H and O–H groups in total. The summed E-state index contributed by atoms with van der Waals surface area (Å²) in [5.74, 6) is 1.60. The number of pyridine rings is 1. The van der Waals surface area contributed by atoms with Gasteiger partial charge in [0, 0.05) is 38.1 Å². The minimum atomic E-state index is 0.565. The van der Waals surface area contributed by atoms with Crippen molar-refractivity contribution in [3.63, 3.8) is 0 Å². The van der Waals surface area contributed by atoms with Crippen molar-refractivity contribution in [2.75, 3.05) is 25.0 Å². The molecule has 7 nitrogen and oxygen atoms in total. The summed E-state index contributed by atoms with van der Waals surface area (Å²) in [6.07, 6.45) is 9.19. The van der Waals surface area contributed by atoms with Gasteiger partial charge in [-0.2, -0.15) is 5.10 Å². The molecule has 0 unspecified atom stereocenters. The molecule has 0 bridgehead atoms. The maximum Gasteiger partial charge on any atom is 0.148 e. The molecule has 1 aliphatic heterocycles. The van der Waals surface area contributed by atoms with E-state index in [4.69, 9.17) is 0 Å². The Morgan fingerprint density at radius 2 is 1.91 bits per heavy atom. The summed E-state index contributed by atoms with van der Waals surface area (Å²) < 4.78 is 1.81. The second-order valence-electron chi connectivity index (χ2n) is 9.80. The molecule has 2 aliphatic rings. The lowest BCUT2D eigenvalue weighted by Crippen LogP contribution is -2.48. The van der Waals surface area contributed by atoms with Gasteiger partial charge >= 0.3 is 0 Å². The third-order valence-electron chi connectivity index (χ3n) is 7.38. The van der Waals surface area contributed by atoms with Crippen LogP contribution in [0.25, 0.3) is 11.3 Å². The molecule has 0 radical (unpaired) electrons. The Bertz CT molecular complexity index is 1060. The third-order valence-corrected chi connectivity index (χ3v) is 7.38. The fourth-order valence-electron chi connectivity index (χ4n) is 5.47. The van der Waals surface area contributed by atoms with E-state index < -0.39 is 0 Å². The Morgan fingerprint density at radius 3 is 2.56 bits per heavy atom.